The molecule has 0 aliphatic carbocycles. The lowest BCUT2D eigenvalue weighted by molar-refractivity contribution is -0.110. The Morgan fingerprint density at radius 3 is 2.86 bits per heavy atom. The van der Waals surface area contributed by atoms with E-state index in [1.54, 1.807) is 36.4 Å². The summed E-state index contributed by atoms with van der Waals surface area (Å²) in [4.78, 5) is 26.3. The number of aromatic amines is 1. The molecule has 1 aliphatic heterocycles. The van der Waals surface area contributed by atoms with Crippen molar-refractivity contribution >= 4 is 40.8 Å². The summed E-state index contributed by atoms with van der Waals surface area (Å²) in [5.74, 6) is -0.663. The smallest absolute Gasteiger partial charge is 0.354 e. The number of fused-ring (bicyclic) bond motifs is 1. The van der Waals surface area contributed by atoms with Crippen molar-refractivity contribution in [3.63, 3.8) is 0 Å². The Labute approximate surface area is 125 Å². The highest BCUT2D eigenvalue weighted by atomic mass is 35.5. The van der Waals surface area contributed by atoms with E-state index in [1.807, 2.05) is 0 Å². The van der Waals surface area contributed by atoms with Crippen LogP contribution in [0.4, 0.5) is 5.69 Å². The van der Waals surface area contributed by atoms with Gasteiger partial charge in [-0.15, -0.1) is 0 Å². The van der Waals surface area contributed by atoms with Crippen molar-refractivity contribution < 1.29 is 14.3 Å². The monoisotopic (exact) mass is 302 g/mol. The molecule has 0 spiro atoms. The van der Waals surface area contributed by atoms with Gasteiger partial charge in [0.15, 0.2) is 0 Å². The molecule has 0 fully saturated rings. The highest BCUT2D eigenvalue weighted by molar-refractivity contribution is 6.36. The molecule has 6 heteroatoms. The fourth-order valence-electron chi connectivity index (χ4n) is 2.19. The van der Waals surface area contributed by atoms with E-state index in [2.05, 4.69) is 15.0 Å². The average Bonchev–Trinajstić information content (AvgIpc) is 3.04. The number of aromatic nitrogens is 1. The number of hydrogen-bond acceptors (Lipinski definition) is 3. The van der Waals surface area contributed by atoms with Gasteiger partial charge in [-0.1, -0.05) is 17.7 Å². The number of methoxy groups -OCH3 is 1. The first-order chi connectivity index (χ1) is 10.1. The van der Waals surface area contributed by atoms with E-state index in [-0.39, 0.29) is 5.91 Å². The lowest BCUT2D eigenvalue weighted by atomic mass is 10.1. The minimum atomic E-state index is -0.456. The predicted octanol–water partition coefficient (Wildman–Crippen LogP) is 2.95. The third-order valence-corrected chi connectivity index (χ3v) is 3.41. The summed E-state index contributed by atoms with van der Waals surface area (Å²) in [6, 6.07) is 8.52. The van der Waals surface area contributed by atoms with Gasteiger partial charge >= 0.3 is 5.97 Å². The van der Waals surface area contributed by atoms with Crippen LogP contribution in [0.2, 0.25) is 5.02 Å². The summed E-state index contributed by atoms with van der Waals surface area (Å²) in [5, 5.41) is 3.31. The van der Waals surface area contributed by atoms with Crippen LogP contribution in [0.15, 0.2) is 30.3 Å². The molecule has 0 saturated heterocycles. The number of carbonyl (C=O) groups is 2. The van der Waals surface area contributed by atoms with E-state index in [1.165, 1.54) is 7.11 Å². The van der Waals surface area contributed by atoms with E-state index >= 15 is 0 Å². The number of nitrogens with one attached hydrogen (secondary N) is 2. The molecule has 1 aromatic heterocycles. The number of H-pyrrole nitrogens is 1. The van der Waals surface area contributed by atoms with Crippen molar-refractivity contribution in [3.05, 3.63) is 52.3 Å². The number of rotatable bonds is 2. The molecule has 0 atom stereocenters. The van der Waals surface area contributed by atoms with Gasteiger partial charge in [0.1, 0.15) is 5.69 Å². The van der Waals surface area contributed by atoms with Crippen LogP contribution in [0.25, 0.3) is 11.6 Å². The zero-order chi connectivity index (χ0) is 15.0. The topological polar surface area (TPSA) is 71.2 Å². The van der Waals surface area contributed by atoms with E-state index in [4.69, 9.17) is 11.6 Å². The first-order valence-corrected chi connectivity index (χ1v) is 6.56. The molecule has 21 heavy (non-hydrogen) atoms. The second-order valence-corrected chi connectivity index (χ2v) is 4.96. The first-order valence-electron chi connectivity index (χ1n) is 6.19. The molecule has 0 unspecified atom stereocenters. The molecule has 2 aromatic rings. The van der Waals surface area contributed by atoms with Crippen LogP contribution in [-0.2, 0) is 9.53 Å². The molecule has 1 aromatic carbocycles. The number of amides is 1. The number of ether oxygens (including phenoxy) is 1. The zero-order valence-corrected chi connectivity index (χ0v) is 11.8. The molecular weight excluding hydrogens is 292 g/mol. The highest BCUT2D eigenvalue weighted by Crippen LogP contribution is 2.34. The fourth-order valence-corrected chi connectivity index (χ4v) is 2.36. The van der Waals surface area contributed by atoms with Gasteiger partial charge < -0.3 is 15.0 Å². The largest absolute Gasteiger partial charge is 0.464 e. The molecule has 0 bridgehead atoms. The number of anilines is 1. The Morgan fingerprint density at radius 2 is 2.10 bits per heavy atom. The Morgan fingerprint density at radius 1 is 1.29 bits per heavy atom. The van der Waals surface area contributed by atoms with E-state index < -0.39 is 5.97 Å². The zero-order valence-electron chi connectivity index (χ0n) is 11.1. The molecule has 0 radical (unpaired) electrons. The van der Waals surface area contributed by atoms with Gasteiger partial charge in [-0.3, -0.25) is 4.79 Å². The van der Waals surface area contributed by atoms with Crippen molar-refractivity contribution in [1.82, 2.24) is 4.98 Å². The van der Waals surface area contributed by atoms with E-state index in [0.717, 1.165) is 5.56 Å². The van der Waals surface area contributed by atoms with Crippen LogP contribution in [0, 0.1) is 0 Å². The van der Waals surface area contributed by atoms with Crippen LogP contribution in [0.1, 0.15) is 21.7 Å². The number of halogens is 1. The van der Waals surface area contributed by atoms with E-state index in [0.29, 0.717) is 27.7 Å². The normalized spacial score (nSPS) is 15.0. The lowest BCUT2D eigenvalue weighted by Gasteiger charge is -1.98. The van der Waals surface area contributed by atoms with Crippen LogP contribution < -0.4 is 5.32 Å². The minimum absolute atomic E-state index is 0.207. The quantitative estimate of drug-likeness (QED) is 0.662. The van der Waals surface area contributed by atoms with E-state index in [9.17, 15) is 9.59 Å². The van der Waals surface area contributed by atoms with Crippen LogP contribution >= 0.6 is 11.6 Å². The predicted molar refractivity (Wildman–Crippen MR) is 80.1 cm³/mol. The number of esters is 1. The van der Waals surface area contributed by atoms with Crippen LogP contribution in [-0.4, -0.2) is 24.0 Å². The number of carbonyl (C=O) groups excluding carboxylic acids is 2. The summed E-state index contributed by atoms with van der Waals surface area (Å²) < 4.78 is 4.63. The molecular formula is C15H11ClN2O3. The third kappa shape index (κ3) is 2.43. The third-order valence-electron chi connectivity index (χ3n) is 3.18. The lowest BCUT2D eigenvalue weighted by Crippen LogP contribution is -2.04. The van der Waals surface area contributed by atoms with Crippen LogP contribution in [0.5, 0.6) is 0 Å². The van der Waals surface area contributed by atoms with Gasteiger partial charge in [0.25, 0.3) is 5.91 Å². The molecule has 5 nitrogen and oxygen atoms in total. The van der Waals surface area contributed by atoms with Gasteiger partial charge in [0.2, 0.25) is 0 Å². The Balaban J connectivity index is 1.99. The van der Waals surface area contributed by atoms with Crippen molar-refractivity contribution in [2.24, 2.45) is 0 Å². The molecule has 1 aliphatic rings. The highest BCUT2D eigenvalue weighted by Gasteiger charge is 2.24. The maximum atomic E-state index is 12.0. The van der Waals surface area contributed by atoms with Gasteiger partial charge in [-0.25, -0.2) is 4.79 Å². The van der Waals surface area contributed by atoms with Crippen LogP contribution in [0.3, 0.4) is 0 Å². The van der Waals surface area contributed by atoms with Crippen molar-refractivity contribution in [1.29, 1.82) is 0 Å². The molecule has 2 heterocycles. The number of benzene rings is 1. The summed E-state index contributed by atoms with van der Waals surface area (Å²) in [6.07, 6.45) is 1.68. The maximum absolute atomic E-state index is 12.0. The Hall–Kier alpha value is -2.53. The van der Waals surface area contributed by atoms with Gasteiger partial charge in [0.05, 0.1) is 18.4 Å². The first kappa shape index (κ1) is 13.5. The Kier molecular flexibility index (Phi) is 3.27. The van der Waals surface area contributed by atoms with Crippen molar-refractivity contribution in [3.8, 4) is 0 Å². The SMILES string of the molecule is COC(=O)c1ccc(/C=C2\C(=O)Nc3cc(Cl)ccc32)[nH]1. The van der Waals surface area contributed by atoms with Gasteiger partial charge in [0, 0.05) is 16.3 Å². The molecule has 2 N–H and O–H groups in total. The molecule has 106 valence electrons. The maximum Gasteiger partial charge on any atom is 0.354 e. The summed E-state index contributed by atoms with van der Waals surface area (Å²) in [5.41, 5.74) is 2.94. The van der Waals surface area contributed by atoms with Gasteiger partial charge in [-0.2, -0.15) is 0 Å². The number of hydrogen-bond donors (Lipinski definition) is 2. The molecule has 0 saturated carbocycles. The second kappa shape index (κ2) is 5.10. The molecule has 1 amide bonds. The average molecular weight is 303 g/mol. The molecule has 3 rings (SSSR count). The van der Waals surface area contributed by atoms with Gasteiger partial charge in [-0.05, 0) is 30.3 Å². The fraction of sp³-hybridized carbons (Fsp3) is 0.0667. The Bertz CT molecular complexity index is 777. The second-order valence-electron chi connectivity index (χ2n) is 4.52. The minimum Gasteiger partial charge on any atom is -0.464 e. The van der Waals surface area contributed by atoms with Crippen molar-refractivity contribution in [2.75, 3.05) is 12.4 Å². The standard InChI is InChI=1S/C15H11ClN2O3/c1-21-15(20)12-5-3-9(17-12)7-11-10-4-2-8(16)6-13(10)18-14(11)19/h2-7,17H,1H3,(H,18,19)/b11-7-. The van der Waals surface area contributed by atoms with Crippen molar-refractivity contribution in [2.45, 2.75) is 0 Å². The summed E-state index contributed by atoms with van der Waals surface area (Å²) >= 11 is 5.90. The summed E-state index contributed by atoms with van der Waals surface area (Å²) in [7, 11) is 1.31. The summed E-state index contributed by atoms with van der Waals surface area (Å²) in [6.45, 7) is 0.